The van der Waals surface area contributed by atoms with Gasteiger partial charge in [-0.3, -0.25) is 9.89 Å². The fourth-order valence-corrected chi connectivity index (χ4v) is 3.10. The number of benzodiazepines with no additional fused rings is 1. The second-order valence-corrected chi connectivity index (χ2v) is 6.59. The maximum atomic E-state index is 12.4. The van der Waals surface area contributed by atoms with E-state index in [2.05, 4.69) is 10.3 Å². The van der Waals surface area contributed by atoms with Crippen LogP contribution in [0.4, 0.5) is 10.5 Å². The molecule has 2 aromatic carbocycles. The Labute approximate surface area is 163 Å². The summed E-state index contributed by atoms with van der Waals surface area (Å²) in [5.74, 6) is 0. The summed E-state index contributed by atoms with van der Waals surface area (Å²) >= 11 is 12.0. The van der Waals surface area contributed by atoms with Gasteiger partial charge in [0.05, 0.1) is 28.0 Å². The van der Waals surface area contributed by atoms with Gasteiger partial charge in [-0.1, -0.05) is 53.5 Å². The SMILES string of the molecule is CCNC(=O)N1CCN=C(/C=C/c2ccc(Cl)c(Cl)c2)c2ccccc21. The van der Waals surface area contributed by atoms with Crippen LogP contribution in [0.25, 0.3) is 6.08 Å². The van der Waals surface area contributed by atoms with Crippen LogP contribution in [-0.4, -0.2) is 31.4 Å². The van der Waals surface area contributed by atoms with Crippen LogP contribution in [0.2, 0.25) is 10.0 Å². The third-order valence-electron chi connectivity index (χ3n) is 4.03. The van der Waals surface area contributed by atoms with E-state index in [1.165, 1.54) is 0 Å². The minimum Gasteiger partial charge on any atom is -0.338 e. The molecular formula is C20H19Cl2N3O. The number of anilines is 1. The monoisotopic (exact) mass is 387 g/mol. The average molecular weight is 388 g/mol. The first-order valence-corrected chi connectivity index (χ1v) is 9.18. The van der Waals surface area contributed by atoms with Gasteiger partial charge in [-0.25, -0.2) is 4.79 Å². The number of rotatable bonds is 3. The molecule has 4 nitrogen and oxygen atoms in total. The number of carbonyl (C=O) groups excluding carboxylic acids is 1. The van der Waals surface area contributed by atoms with Gasteiger partial charge in [0.1, 0.15) is 0 Å². The number of amides is 2. The van der Waals surface area contributed by atoms with Crippen LogP contribution in [0, 0.1) is 0 Å². The van der Waals surface area contributed by atoms with Gasteiger partial charge in [0.25, 0.3) is 0 Å². The molecule has 2 aromatic rings. The third kappa shape index (κ3) is 4.09. The number of fused-ring (bicyclic) bond motifs is 1. The molecule has 1 aliphatic heterocycles. The molecule has 0 atom stereocenters. The highest BCUT2D eigenvalue weighted by Gasteiger charge is 2.21. The topological polar surface area (TPSA) is 44.7 Å². The van der Waals surface area contributed by atoms with Gasteiger partial charge in [0, 0.05) is 18.7 Å². The van der Waals surface area contributed by atoms with Crippen molar-refractivity contribution in [2.24, 2.45) is 4.99 Å². The number of halogens is 2. The number of urea groups is 1. The van der Waals surface area contributed by atoms with E-state index < -0.39 is 0 Å². The van der Waals surface area contributed by atoms with E-state index in [-0.39, 0.29) is 6.03 Å². The number of benzene rings is 2. The summed E-state index contributed by atoms with van der Waals surface area (Å²) in [4.78, 5) is 18.8. The summed E-state index contributed by atoms with van der Waals surface area (Å²) in [5, 5.41) is 3.90. The number of hydrogen-bond acceptors (Lipinski definition) is 2. The molecule has 1 aliphatic rings. The molecular weight excluding hydrogens is 369 g/mol. The van der Waals surface area contributed by atoms with E-state index in [0.29, 0.717) is 29.7 Å². The molecule has 0 aliphatic carbocycles. The standard InChI is InChI=1S/C20H19Cl2N3O/c1-2-23-20(26)25-12-11-24-18(15-5-3-4-6-19(15)25)10-8-14-7-9-16(21)17(22)13-14/h3-10,13H,2,11-12H2,1H3,(H,23,26)/b10-8+. The van der Waals surface area contributed by atoms with E-state index in [1.54, 1.807) is 11.0 Å². The molecule has 1 heterocycles. The van der Waals surface area contributed by atoms with Crippen LogP contribution in [0.15, 0.2) is 53.5 Å². The normalized spacial score (nSPS) is 14.0. The van der Waals surface area contributed by atoms with Crippen molar-refractivity contribution >= 4 is 46.7 Å². The minimum atomic E-state index is -0.107. The van der Waals surface area contributed by atoms with Gasteiger partial charge in [-0.05, 0) is 36.8 Å². The lowest BCUT2D eigenvalue weighted by atomic mass is 10.1. The second-order valence-electron chi connectivity index (χ2n) is 5.78. The van der Waals surface area contributed by atoms with Gasteiger partial charge in [0.15, 0.2) is 0 Å². The molecule has 26 heavy (non-hydrogen) atoms. The fourth-order valence-electron chi connectivity index (χ4n) is 2.79. The number of nitrogens with one attached hydrogen (secondary N) is 1. The third-order valence-corrected chi connectivity index (χ3v) is 4.77. The van der Waals surface area contributed by atoms with Crippen molar-refractivity contribution in [3.05, 3.63) is 69.7 Å². The quantitative estimate of drug-likeness (QED) is 0.786. The van der Waals surface area contributed by atoms with Gasteiger partial charge in [0.2, 0.25) is 0 Å². The Morgan fingerprint density at radius 2 is 2.00 bits per heavy atom. The first-order valence-electron chi connectivity index (χ1n) is 8.42. The second kappa shape index (κ2) is 8.39. The fraction of sp³-hybridized carbons (Fsp3) is 0.200. The van der Waals surface area contributed by atoms with E-state index in [4.69, 9.17) is 23.2 Å². The van der Waals surface area contributed by atoms with Crippen LogP contribution >= 0.6 is 23.2 Å². The number of carbonyl (C=O) groups is 1. The summed E-state index contributed by atoms with van der Waals surface area (Å²) in [6.07, 6.45) is 3.89. The molecule has 0 bridgehead atoms. The molecule has 1 N–H and O–H groups in total. The van der Waals surface area contributed by atoms with Crippen molar-refractivity contribution in [3.63, 3.8) is 0 Å². The van der Waals surface area contributed by atoms with Crippen LogP contribution in [0.1, 0.15) is 18.1 Å². The lowest BCUT2D eigenvalue weighted by Gasteiger charge is -2.22. The van der Waals surface area contributed by atoms with Crippen molar-refractivity contribution in [1.29, 1.82) is 0 Å². The lowest BCUT2D eigenvalue weighted by Crippen LogP contribution is -2.41. The predicted molar refractivity (Wildman–Crippen MR) is 110 cm³/mol. The number of hydrogen-bond donors (Lipinski definition) is 1. The van der Waals surface area contributed by atoms with E-state index in [9.17, 15) is 4.79 Å². The maximum Gasteiger partial charge on any atom is 0.321 e. The van der Waals surface area contributed by atoms with Gasteiger partial charge in [-0.2, -0.15) is 0 Å². The Morgan fingerprint density at radius 3 is 2.77 bits per heavy atom. The van der Waals surface area contributed by atoms with Crippen LogP contribution in [0.5, 0.6) is 0 Å². The molecule has 2 amide bonds. The highest BCUT2D eigenvalue weighted by atomic mass is 35.5. The van der Waals surface area contributed by atoms with Gasteiger partial charge in [-0.15, -0.1) is 0 Å². The molecule has 6 heteroatoms. The number of aliphatic imine (C=N–C) groups is 1. The maximum absolute atomic E-state index is 12.4. The Morgan fingerprint density at radius 1 is 1.19 bits per heavy atom. The van der Waals surface area contributed by atoms with Crippen molar-refractivity contribution in [1.82, 2.24) is 5.32 Å². The zero-order chi connectivity index (χ0) is 18.5. The van der Waals surface area contributed by atoms with Gasteiger partial charge < -0.3 is 5.32 Å². The summed E-state index contributed by atoms with van der Waals surface area (Å²) < 4.78 is 0. The average Bonchev–Trinajstić information content (AvgIpc) is 2.82. The zero-order valence-electron chi connectivity index (χ0n) is 14.4. The summed E-state index contributed by atoms with van der Waals surface area (Å²) in [5.41, 5.74) is 3.55. The zero-order valence-corrected chi connectivity index (χ0v) is 15.9. The minimum absolute atomic E-state index is 0.107. The highest BCUT2D eigenvalue weighted by Crippen LogP contribution is 2.26. The van der Waals surface area contributed by atoms with Crippen molar-refractivity contribution in [2.45, 2.75) is 6.92 Å². The largest absolute Gasteiger partial charge is 0.338 e. The first-order chi connectivity index (χ1) is 12.6. The molecule has 134 valence electrons. The molecule has 0 saturated heterocycles. The van der Waals surface area contributed by atoms with Crippen LogP contribution < -0.4 is 10.2 Å². The molecule has 0 saturated carbocycles. The molecule has 0 aromatic heterocycles. The number of allylic oxidation sites excluding steroid dienone is 1. The Hall–Kier alpha value is -2.30. The smallest absolute Gasteiger partial charge is 0.321 e. The van der Waals surface area contributed by atoms with E-state index in [0.717, 1.165) is 22.5 Å². The molecule has 0 unspecified atom stereocenters. The molecule has 3 rings (SSSR count). The summed E-state index contributed by atoms with van der Waals surface area (Å²) in [7, 11) is 0. The number of para-hydroxylation sites is 1. The van der Waals surface area contributed by atoms with Crippen molar-refractivity contribution < 1.29 is 4.79 Å². The summed E-state index contributed by atoms with van der Waals surface area (Å²) in [6, 6.07) is 13.2. The van der Waals surface area contributed by atoms with Crippen LogP contribution in [-0.2, 0) is 0 Å². The van der Waals surface area contributed by atoms with Crippen molar-refractivity contribution in [2.75, 3.05) is 24.5 Å². The van der Waals surface area contributed by atoms with E-state index in [1.807, 2.05) is 55.5 Å². The molecule has 0 radical (unpaired) electrons. The van der Waals surface area contributed by atoms with Gasteiger partial charge >= 0.3 is 6.03 Å². The number of nitrogens with zero attached hydrogens (tertiary/aromatic N) is 2. The Bertz CT molecular complexity index is 877. The summed E-state index contributed by atoms with van der Waals surface area (Å²) in [6.45, 7) is 3.56. The lowest BCUT2D eigenvalue weighted by molar-refractivity contribution is 0.247. The molecule has 0 fully saturated rings. The first kappa shape index (κ1) is 18.5. The predicted octanol–water partition coefficient (Wildman–Crippen LogP) is 5.05. The Balaban J connectivity index is 1.93. The highest BCUT2D eigenvalue weighted by molar-refractivity contribution is 6.42. The molecule has 0 spiro atoms. The van der Waals surface area contributed by atoms with E-state index >= 15 is 0 Å². The van der Waals surface area contributed by atoms with Crippen LogP contribution in [0.3, 0.4) is 0 Å². The Kier molecular flexibility index (Phi) is 5.96. The van der Waals surface area contributed by atoms with Crippen molar-refractivity contribution in [3.8, 4) is 0 Å².